The Kier molecular flexibility index (Phi) is 3.35. The minimum absolute atomic E-state index is 0.00939. The molecule has 6 heteroatoms. The number of ether oxygens (including phenoxy) is 1. The summed E-state index contributed by atoms with van der Waals surface area (Å²) in [5, 5.41) is 0.611. The molecule has 2 amide bonds. The van der Waals surface area contributed by atoms with Crippen molar-refractivity contribution in [1.82, 2.24) is 4.90 Å². The van der Waals surface area contributed by atoms with E-state index in [2.05, 4.69) is 0 Å². The highest BCUT2D eigenvalue weighted by atomic mass is 35.5. The van der Waals surface area contributed by atoms with Crippen LogP contribution in [0.2, 0.25) is 5.02 Å². The van der Waals surface area contributed by atoms with Gasteiger partial charge in [-0.1, -0.05) is 17.7 Å². The van der Waals surface area contributed by atoms with E-state index in [0.717, 1.165) is 18.5 Å². The average Bonchev–Trinajstić information content (AvgIpc) is 3.22. The SMILES string of the molecule is O=C([C@H]1CCCO1)N1C[C@@H]2C[C@H]1C(=O)N2c1cccc(Cl)c1. The molecular formula is C16H17ClN2O3. The molecule has 22 heavy (non-hydrogen) atoms. The van der Waals surface area contributed by atoms with Crippen LogP contribution in [-0.2, 0) is 14.3 Å². The smallest absolute Gasteiger partial charge is 0.252 e. The van der Waals surface area contributed by atoms with E-state index < -0.39 is 0 Å². The molecule has 0 spiro atoms. The molecular weight excluding hydrogens is 304 g/mol. The summed E-state index contributed by atoms with van der Waals surface area (Å²) in [6.45, 7) is 1.22. The van der Waals surface area contributed by atoms with Crippen LogP contribution in [0, 0.1) is 0 Å². The van der Waals surface area contributed by atoms with Gasteiger partial charge in [0, 0.05) is 23.9 Å². The molecule has 3 saturated heterocycles. The van der Waals surface area contributed by atoms with E-state index in [-0.39, 0.29) is 30.0 Å². The van der Waals surface area contributed by atoms with Crippen molar-refractivity contribution in [3.63, 3.8) is 0 Å². The van der Waals surface area contributed by atoms with Gasteiger partial charge in [0.05, 0.1) is 6.04 Å². The number of anilines is 1. The van der Waals surface area contributed by atoms with E-state index in [1.165, 1.54) is 0 Å². The Hall–Kier alpha value is -1.59. The van der Waals surface area contributed by atoms with E-state index in [9.17, 15) is 9.59 Å². The van der Waals surface area contributed by atoms with Crippen LogP contribution in [0.1, 0.15) is 19.3 Å². The molecule has 5 nitrogen and oxygen atoms in total. The largest absolute Gasteiger partial charge is 0.368 e. The second-order valence-corrected chi connectivity index (χ2v) is 6.52. The summed E-state index contributed by atoms with van der Waals surface area (Å²) < 4.78 is 5.46. The first-order chi connectivity index (χ1) is 10.6. The Morgan fingerprint density at radius 3 is 2.91 bits per heavy atom. The van der Waals surface area contributed by atoms with Gasteiger partial charge in [0.2, 0.25) is 5.91 Å². The Morgan fingerprint density at radius 1 is 1.36 bits per heavy atom. The van der Waals surface area contributed by atoms with Crippen LogP contribution in [0.5, 0.6) is 0 Å². The molecule has 0 unspecified atom stereocenters. The molecule has 0 aliphatic carbocycles. The van der Waals surface area contributed by atoms with Gasteiger partial charge < -0.3 is 14.5 Å². The maximum atomic E-state index is 12.7. The van der Waals surface area contributed by atoms with Crippen molar-refractivity contribution in [3.05, 3.63) is 29.3 Å². The highest BCUT2D eigenvalue weighted by Gasteiger charge is 2.52. The summed E-state index contributed by atoms with van der Waals surface area (Å²) >= 11 is 6.02. The molecule has 0 radical (unpaired) electrons. The summed E-state index contributed by atoms with van der Waals surface area (Å²) in [5.41, 5.74) is 0.814. The first kappa shape index (κ1) is 14.0. The fraction of sp³-hybridized carbons (Fsp3) is 0.500. The molecule has 0 saturated carbocycles. The van der Waals surface area contributed by atoms with Crippen LogP contribution in [0.3, 0.4) is 0 Å². The van der Waals surface area contributed by atoms with Crippen molar-refractivity contribution in [1.29, 1.82) is 0 Å². The lowest BCUT2D eigenvalue weighted by molar-refractivity contribution is -0.146. The van der Waals surface area contributed by atoms with Crippen molar-refractivity contribution in [3.8, 4) is 0 Å². The minimum atomic E-state index is -0.355. The number of benzene rings is 1. The fourth-order valence-electron chi connectivity index (χ4n) is 3.74. The van der Waals surface area contributed by atoms with Crippen LogP contribution in [0.25, 0.3) is 0 Å². The number of nitrogens with zero attached hydrogens (tertiary/aromatic N) is 2. The van der Waals surface area contributed by atoms with Crippen LogP contribution in [-0.4, -0.2) is 48.1 Å². The molecule has 3 atom stereocenters. The summed E-state index contributed by atoms with van der Waals surface area (Å²) in [5.74, 6) is -0.0334. The number of piperazine rings is 1. The molecule has 1 aromatic carbocycles. The lowest BCUT2D eigenvalue weighted by Gasteiger charge is -2.34. The van der Waals surface area contributed by atoms with E-state index in [1.807, 2.05) is 12.1 Å². The van der Waals surface area contributed by atoms with Gasteiger partial charge in [0.15, 0.2) is 0 Å². The Balaban J connectivity index is 1.54. The Morgan fingerprint density at radius 2 is 2.23 bits per heavy atom. The molecule has 3 aliphatic rings. The predicted octanol–water partition coefficient (Wildman–Crippen LogP) is 1.84. The normalized spacial score (nSPS) is 30.4. The van der Waals surface area contributed by atoms with Crippen molar-refractivity contribution in [2.24, 2.45) is 0 Å². The van der Waals surface area contributed by atoms with Crippen molar-refractivity contribution < 1.29 is 14.3 Å². The fourth-order valence-corrected chi connectivity index (χ4v) is 3.92. The lowest BCUT2D eigenvalue weighted by Crippen LogP contribution is -2.54. The highest BCUT2D eigenvalue weighted by Crippen LogP contribution is 2.37. The van der Waals surface area contributed by atoms with Crippen molar-refractivity contribution in [2.45, 2.75) is 37.5 Å². The third-order valence-electron chi connectivity index (χ3n) is 4.74. The number of likely N-dealkylation sites (tertiary alicyclic amines) is 1. The first-order valence-corrected chi connectivity index (χ1v) is 8.03. The van der Waals surface area contributed by atoms with E-state index in [0.29, 0.717) is 24.6 Å². The molecule has 116 valence electrons. The minimum Gasteiger partial charge on any atom is -0.368 e. The van der Waals surface area contributed by atoms with Gasteiger partial charge in [-0.15, -0.1) is 0 Å². The molecule has 0 N–H and O–H groups in total. The summed E-state index contributed by atoms with van der Waals surface area (Å²) in [4.78, 5) is 28.6. The third-order valence-corrected chi connectivity index (χ3v) is 4.98. The number of hydrogen-bond acceptors (Lipinski definition) is 3. The number of carbonyl (C=O) groups is 2. The van der Waals surface area contributed by atoms with Crippen molar-refractivity contribution >= 4 is 29.1 Å². The van der Waals surface area contributed by atoms with Gasteiger partial charge in [-0.25, -0.2) is 0 Å². The topological polar surface area (TPSA) is 49.9 Å². The van der Waals surface area contributed by atoms with Gasteiger partial charge in [-0.3, -0.25) is 9.59 Å². The van der Waals surface area contributed by atoms with Crippen LogP contribution in [0.15, 0.2) is 24.3 Å². The monoisotopic (exact) mass is 320 g/mol. The van der Waals surface area contributed by atoms with Crippen LogP contribution < -0.4 is 4.90 Å². The maximum Gasteiger partial charge on any atom is 0.252 e. The van der Waals surface area contributed by atoms with E-state index in [4.69, 9.17) is 16.3 Å². The van der Waals surface area contributed by atoms with Gasteiger partial charge in [-0.2, -0.15) is 0 Å². The zero-order valence-electron chi connectivity index (χ0n) is 12.1. The molecule has 2 bridgehead atoms. The standard InChI is InChI=1S/C16H17ClN2O3/c17-10-3-1-4-11(7-10)19-12-8-13(15(19)20)18(9-12)16(21)14-5-2-6-22-14/h1,3-4,7,12-14H,2,5-6,8-9H2/t12-,13-,14+/m0/s1. The average molecular weight is 321 g/mol. The van der Waals surface area contributed by atoms with E-state index >= 15 is 0 Å². The second-order valence-electron chi connectivity index (χ2n) is 6.09. The quantitative estimate of drug-likeness (QED) is 0.835. The van der Waals surface area contributed by atoms with E-state index in [1.54, 1.807) is 21.9 Å². The summed E-state index contributed by atoms with van der Waals surface area (Å²) in [6, 6.07) is 7.01. The molecule has 3 heterocycles. The van der Waals surface area contributed by atoms with Gasteiger partial charge in [0.1, 0.15) is 12.1 Å². The number of rotatable bonds is 2. The lowest BCUT2D eigenvalue weighted by atomic mass is 10.2. The van der Waals surface area contributed by atoms with Gasteiger partial charge in [0.25, 0.3) is 5.91 Å². The van der Waals surface area contributed by atoms with Gasteiger partial charge >= 0.3 is 0 Å². The Labute approximate surface area is 133 Å². The third kappa shape index (κ3) is 2.11. The maximum absolute atomic E-state index is 12.7. The molecule has 3 aliphatic heterocycles. The highest BCUT2D eigenvalue weighted by molar-refractivity contribution is 6.31. The van der Waals surface area contributed by atoms with Crippen LogP contribution >= 0.6 is 11.6 Å². The number of hydrogen-bond donors (Lipinski definition) is 0. The van der Waals surface area contributed by atoms with Crippen molar-refractivity contribution in [2.75, 3.05) is 18.1 Å². The summed E-state index contributed by atoms with van der Waals surface area (Å²) in [6.07, 6.45) is 2.02. The molecule has 0 aromatic heterocycles. The second kappa shape index (κ2) is 5.25. The molecule has 1 aromatic rings. The molecule has 4 rings (SSSR count). The van der Waals surface area contributed by atoms with Crippen LogP contribution in [0.4, 0.5) is 5.69 Å². The summed E-state index contributed by atoms with van der Waals surface area (Å²) in [7, 11) is 0. The predicted molar refractivity (Wildman–Crippen MR) is 81.8 cm³/mol. The van der Waals surface area contributed by atoms with Gasteiger partial charge in [-0.05, 0) is 37.5 Å². The molecule has 3 fully saturated rings. The number of carbonyl (C=O) groups excluding carboxylic acids is 2. The number of amides is 2. The number of fused-ring (bicyclic) bond motifs is 2. The number of halogens is 1. The first-order valence-electron chi connectivity index (χ1n) is 7.66. The zero-order chi connectivity index (χ0) is 15.3. The Bertz CT molecular complexity index is 630. The zero-order valence-corrected chi connectivity index (χ0v) is 12.8.